The van der Waals surface area contributed by atoms with Crippen molar-refractivity contribution in [1.82, 2.24) is 9.71 Å². The van der Waals surface area contributed by atoms with Gasteiger partial charge in [-0.05, 0) is 64.0 Å². The second-order valence-corrected chi connectivity index (χ2v) is 21.3. The number of carbonyl (C=O) groups excluding carboxylic acids is 1. The summed E-state index contributed by atoms with van der Waals surface area (Å²) < 4.78 is 104. The summed E-state index contributed by atoms with van der Waals surface area (Å²) >= 11 is -1.53. The fourth-order valence-corrected chi connectivity index (χ4v) is 6.78. The lowest BCUT2D eigenvalue weighted by Gasteiger charge is -2.37. The fraction of sp³-hybridized carbons (Fsp3) is 0.625. The normalized spacial score (nSPS) is 23.8. The number of alkyl halides is 3. The molecule has 1 aliphatic heterocycles. The van der Waals surface area contributed by atoms with E-state index in [1.807, 2.05) is 20.8 Å². The van der Waals surface area contributed by atoms with Gasteiger partial charge in [-0.1, -0.05) is 33.8 Å². The van der Waals surface area contributed by atoms with Crippen LogP contribution in [0.5, 0.6) is 5.75 Å². The van der Waals surface area contributed by atoms with Crippen molar-refractivity contribution in [3.05, 3.63) is 53.4 Å². The van der Waals surface area contributed by atoms with Crippen molar-refractivity contribution < 1.29 is 45.2 Å². The molecule has 0 saturated carbocycles. The first-order valence-corrected chi connectivity index (χ1v) is 19.3. The molecule has 0 bridgehead atoms. The number of hydrogen-bond donors (Lipinski definition) is 2. The van der Waals surface area contributed by atoms with E-state index in [0.717, 1.165) is 26.2 Å². The third kappa shape index (κ3) is 8.30. The number of ether oxygens (including phenoxy) is 2. The van der Waals surface area contributed by atoms with Gasteiger partial charge in [0.25, 0.3) is 5.91 Å². The maximum atomic E-state index is 14.7. The van der Waals surface area contributed by atoms with E-state index in [-0.39, 0.29) is 22.9 Å². The zero-order chi connectivity index (χ0) is 35.9. The lowest BCUT2D eigenvalue weighted by atomic mass is 9.77. The molecule has 6 atom stereocenters. The van der Waals surface area contributed by atoms with Gasteiger partial charge in [-0.3, -0.25) is 9.78 Å². The predicted octanol–water partition coefficient (Wildman–Crippen LogP) is 7.56. The number of pyridine rings is 1. The highest BCUT2D eigenvalue weighted by Gasteiger charge is 2.66. The molecule has 0 radical (unpaired) electrons. The Bertz CT molecular complexity index is 1440. The average Bonchev–Trinajstić information content (AvgIpc) is 3.22. The van der Waals surface area contributed by atoms with Crippen LogP contribution in [0, 0.1) is 17.6 Å². The summed E-state index contributed by atoms with van der Waals surface area (Å²) in [4.78, 5) is 18.2. The molecule has 2 aromatic rings. The molecule has 15 heteroatoms. The van der Waals surface area contributed by atoms with Crippen molar-refractivity contribution >= 4 is 31.3 Å². The number of rotatable bonds is 10. The van der Waals surface area contributed by atoms with Crippen molar-refractivity contribution in [2.45, 2.75) is 108 Å². The Hall–Kier alpha value is -2.30. The third-order valence-corrected chi connectivity index (χ3v) is 15.3. The molecule has 47 heavy (non-hydrogen) atoms. The molecule has 2 unspecified atom stereocenters. The van der Waals surface area contributed by atoms with Gasteiger partial charge in [0.1, 0.15) is 16.9 Å². The summed E-state index contributed by atoms with van der Waals surface area (Å²) in [6.45, 7) is 18.0. The van der Waals surface area contributed by atoms with Crippen molar-refractivity contribution in [2.24, 2.45) is 5.92 Å². The van der Waals surface area contributed by atoms with Crippen molar-refractivity contribution in [2.75, 3.05) is 19.0 Å². The van der Waals surface area contributed by atoms with E-state index in [0.29, 0.717) is 5.69 Å². The van der Waals surface area contributed by atoms with E-state index in [9.17, 15) is 31.3 Å². The van der Waals surface area contributed by atoms with Gasteiger partial charge in [-0.2, -0.15) is 17.6 Å². The minimum atomic E-state index is -4.90. The largest absolute Gasteiger partial charge is 0.598 e. The van der Waals surface area contributed by atoms with Crippen LogP contribution in [-0.2, 0) is 25.3 Å². The number of anilines is 1. The average molecular weight is 708 g/mol. The molecule has 1 amide bonds. The third-order valence-electron chi connectivity index (χ3n) is 9.20. The van der Waals surface area contributed by atoms with Gasteiger partial charge in [0.2, 0.25) is 5.82 Å². The molecule has 1 aromatic carbocycles. The van der Waals surface area contributed by atoms with E-state index >= 15 is 0 Å². The molecular weight excluding hydrogens is 662 g/mol. The Morgan fingerprint density at radius 3 is 2.30 bits per heavy atom. The smallest absolute Gasteiger partial charge is 0.417 e. The maximum Gasteiger partial charge on any atom is 0.417 e. The van der Waals surface area contributed by atoms with Gasteiger partial charge < -0.3 is 23.8 Å². The summed E-state index contributed by atoms with van der Waals surface area (Å²) in [7, 11) is -1.19. The summed E-state index contributed by atoms with van der Waals surface area (Å²) in [5.74, 6) is -6.97. The number of nitrogens with zero attached hydrogens (tertiary/aromatic N) is 1. The molecule has 264 valence electrons. The van der Waals surface area contributed by atoms with Gasteiger partial charge in [0, 0.05) is 40.6 Å². The molecule has 1 fully saturated rings. The van der Waals surface area contributed by atoms with Crippen molar-refractivity contribution in [3.8, 4) is 5.75 Å². The molecule has 1 aliphatic rings. The minimum Gasteiger partial charge on any atom is -0.598 e. The summed E-state index contributed by atoms with van der Waals surface area (Å²) in [6.07, 6.45) is -5.27. The Morgan fingerprint density at radius 1 is 1.15 bits per heavy atom. The highest BCUT2D eigenvalue weighted by Crippen LogP contribution is 2.55. The molecule has 1 aromatic heterocycles. The minimum absolute atomic E-state index is 0.111. The number of carbonyl (C=O) groups is 1. The lowest BCUT2D eigenvalue weighted by Crippen LogP contribution is -2.47. The number of aromatic nitrogens is 1. The second kappa shape index (κ2) is 13.9. The molecule has 8 nitrogen and oxygen atoms in total. The first-order valence-electron chi connectivity index (χ1n) is 15.2. The highest BCUT2D eigenvalue weighted by molar-refractivity contribution is 7.90. The van der Waals surface area contributed by atoms with Gasteiger partial charge >= 0.3 is 6.18 Å². The van der Waals surface area contributed by atoms with Crippen LogP contribution < -0.4 is 14.8 Å². The molecular formula is C32H46F5N3O5SSi. The van der Waals surface area contributed by atoms with Crippen molar-refractivity contribution in [3.63, 3.8) is 0 Å². The van der Waals surface area contributed by atoms with Crippen molar-refractivity contribution in [1.29, 1.82) is 0 Å². The van der Waals surface area contributed by atoms with E-state index < -0.39 is 83.5 Å². The standard InChI is InChI=1S/C32H46F5N3O5SSi/c1-18-24(20-12-13-21(33)25(34)26(20)43-9)27(45-31(18,8)32(35,36)37)28(41)39-19-14-15-38-22(16-19)23(40-46(42)29(2,3)4)17-44-47(10,11)30(5,6)7/h12-16,18,23-24,27,40H,17H2,1-11H3,(H,38,39,41)/t18-,23?,24-,27+,31+,46?/m1/s1. The van der Waals surface area contributed by atoms with Gasteiger partial charge in [0.15, 0.2) is 25.5 Å². The van der Waals surface area contributed by atoms with Gasteiger partial charge in [0.05, 0.1) is 19.4 Å². The molecule has 2 heterocycles. The lowest BCUT2D eigenvalue weighted by molar-refractivity contribution is -0.272. The topological polar surface area (TPSA) is 105 Å². The fourth-order valence-electron chi connectivity index (χ4n) is 4.96. The molecule has 3 rings (SSSR count). The summed E-state index contributed by atoms with van der Waals surface area (Å²) in [5, 5.41) is 2.51. The number of amides is 1. The number of nitrogens with one attached hydrogen (secondary N) is 2. The van der Waals surface area contributed by atoms with Crippen LogP contribution in [-0.4, -0.2) is 60.1 Å². The molecule has 2 N–H and O–H groups in total. The SMILES string of the molecule is COc1c([C@@H]2[C@@H](C(=O)Nc3ccnc(C(CO[Si](C)(C)C(C)(C)C)N[S+]([O-])C(C)(C)C)c3)O[C@](C)(C(F)(F)F)[C@@H]2C)ccc(F)c1F. The number of methoxy groups -OCH3 is 1. The molecule has 0 aliphatic carbocycles. The molecule has 0 spiro atoms. The van der Waals surface area contributed by atoms with E-state index in [1.54, 1.807) is 0 Å². The van der Waals surface area contributed by atoms with Crippen LogP contribution in [0.4, 0.5) is 27.6 Å². The monoisotopic (exact) mass is 707 g/mol. The van der Waals surface area contributed by atoms with Crippen LogP contribution in [0.1, 0.15) is 78.6 Å². The van der Waals surface area contributed by atoms with E-state index in [2.05, 4.69) is 48.9 Å². The first-order chi connectivity index (χ1) is 21.4. The van der Waals surface area contributed by atoms with E-state index in [4.69, 9.17) is 13.9 Å². The first kappa shape index (κ1) is 39.1. The van der Waals surface area contributed by atoms with Crippen LogP contribution in [0.3, 0.4) is 0 Å². The maximum absolute atomic E-state index is 14.7. The zero-order valence-electron chi connectivity index (χ0n) is 28.7. The number of halogens is 5. The number of benzene rings is 1. The Balaban J connectivity index is 2.00. The highest BCUT2D eigenvalue weighted by atomic mass is 32.2. The van der Waals surface area contributed by atoms with Crippen LogP contribution in [0.15, 0.2) is 30.5 Å². The Kier molecular flexibility index (Phi) is 11.6. The summed E-state index contributed by atoms with van der Waals surface area (Å²) in [5.41, 5.74) is -2.39. The van der Waals surface area contributed by atoms with Crippen LogP contribution in [0.2, 0.25) is 18.1 Å². The van der Waals surface area contributed by atoms with Crippen LogP contribution in [0.25, 0.3) is 0 Å². The Labute approximate surface area is 278 Å². The quantitative estimate of drug-likeness (QED) is 0.149. The number of hydrogen-bond acceptors (Lipinski definition) is 7. The predicted molar refractivity (Wildman–Crippen MR) is 174 cm³/mol. The van der Waals surface area contributed by atoms with E-state index in [1.165, 1.54) is 25.3 Å². The zero-order valence-corrected chi connectivity index (χ0v) is 30.5. The van der Waals surface area contributed by atoms with Gasteiger partial charge in [-0.25, -0.2) is 4.39 Å². The second-order valence-electron chi connectivity index (χ2n) is 14.5. The van der Waals surface area contributed by atoms with Gasteiger partial charge in [-0.15, -0.1) is 4.72 Å². The Morgan fingerprint density at radius 2 is 1.77 bits per heavy atom. The molecule has 1 saturated heterocycles. The van der Waals surface area contributed by atoms with Crippen LogP contribution >= 0.6 is 0 Å². The summed E-state index contributed by atoms with van der Waals surface area (Å²) in [6, 6.07) is 4.16.